The number of hydrogen-bond acceptors (Lipinski definition) is 8. The Kier molecular flexibility index (Phi) is 4.50. The Morgan fingerprint density at radius 1 is 1.38 bits per heavy atom. The molecule has 2 atom stereocenters. The van der Waals surface area contributed by atoms with Gasteiger partial charge < -0.3 is 19.9 Å². The average molecular weight is 450 g/mol. The van der Waals surface area contributed by atoms with E-state index in [1.165, 1.54) is 23.9 Å². The molecule has 0 spiro atoms. The lowest BCUT2D eigenvalue weighted by molar-refractivity contribution is -0.190. The molecule has 0 saturated heterocycles. The molecule has 4 aliphatic carbocycles. The fourth-order valence-electron chi connectivity index (χ4n) is 5.75. The molecule has 11 heteroatoms. The van der Waals surface area contributed by atoms with Crippen LogP contribution in [-0.2, 0) is 9.53 Å². The van der Waals surface area contributed by atoms with Gasteiger partial charge in [0.15, 0.2) is 5.75 Å². The number of nitrogens with zero attached hydrogens (tertiary/aromatic N) is 3. The van der Waals surface area contributed by atoms with Crippen LogP contribution in [0, 0.1) is 5.41 Å². The van der Waals surface area contributed by atoms with Crippen LogP contribution < -0.4 is 15.6 Å². The summed E-state index contributed by atoms with van der Waals surface area (Å²) in [6.07, 6.45) is 4.92. The van der Waals surface area contributed by atoms with E-state index in [1.54, 1.807) is 6.92 Å². The maximum atomic E-state index is 13.1. The number of carbonyl (C=O) groups excluding carboxylic acids is 1. The van der Waals surface area contributed by atoms with E-state index < -0.39 is 35.0 Å². The van der Waals surface area contributed by atoms with Gasteiger partial charge in [0.25, 0.3) is 5.56 Å². The summed E-state index contributed by atoms with van der Waals surface area (Å²) in [5, 5.41) is 14.4. The van der Waals surface area contributed by atoms with Crippen molar-refractivity contribution in [2.45, 2.75) is 69.2 Å². The number of methoxy groups -OCH3 is 1. The first kappa shape index (κ1) is 21.0. The maximum Gasteiger partial charge on any atom is 0.387 e. The van der Waals surface area contributed by atoms with Crippen LogP contribution in [0.5, 0.6) is 5.75 Å². The molecule has 2 aromatic rings. The first-order chi connectivity index (χ1) is 15.1. The molecule has 172 valence electrons. The van der Waals surface area contributed by atoms with Gasteiger partial charge in [0.05, 0.1) is 24.2 Å². The first-order valence-electron chi connectivity index (χ1n) is 10.5. The van der Waals surface area contributed by atoms with Gasteiger partial charge in [0.1, 0.15) is 5.65 Å². The van der Waals surface area contributed by atoms with Crippen molar-refractivity contribution in [2.24, 2.45) is 5.41 Å². The molecule has 4 aliphatic rings. The third kappa shape index (κ3) is 3.05. The van der Waals surface area contributed by atoms with Gasteiger partial charge in [-0.2, -0.15) is 13.8 Å². The van der Waals surface area contributed by atoms with Crippen LogP contribution in [0.2, 0.25) is 0 Å². The Morgan fingerprint density at radius 2 is 2.09 bits per heavy atom. The Bertz CT molecular complexity index is 1150. The lowest BCUT2D eigenvalue weighted by Gasteiger charge is -2.68. The van der Waals surface area contributed by atoms with Gasteiger partial charge in [-0.1, -0.05) is 0 Å². The molecule has 4 fully saturated rings. The molecule has 9 nitrogen and oxygen atoms in total. The van der Waals surface area contributed by atoms with Crippen molar-refractivity contribution in [3.8, 4) is 5.75 Å². The number of aromatic nitrogens is 3. The highest BCUT2D eigenvalue weighted by Gasteiger charge is 2.72. The Hall–Kier alpha value is -2.82. The van der Waals surface area contributed by atoms with Crippen LogP contribution in [0.15, 0.2) is 17.1 Å². The molecule has 0 amide bonds. The molecule has 0 unspecified atom stereocenters. The third-order valence-corrected chi connectivity index (χ3v) is 7.17. The standard InChI is InChI=1S/C21H24F2N4O5/c1-19(30)5-3-4-13(19)27-14-11(6-12(15(27)28)32-17(22)23)7-24-18(25-14)26-21-8-20(9-21,10-21)16(29)31-2/h6-7,13,17,30H,3-5,8-10H2,1-2H3,(H,24,25,26)/t13-,19-,20?,21?/m1/s1. The van der Waals surface area contributed by atoms with E-state index in [0.717, 1.165) is 0 Å². The van der Waals surface area contributed by atoms with E-state index in [0.29, 0.717) is 43.9 Å². The molecule has 0 aliphatic heterocycles. The SMILES string of the molecule is COC(=O)C12CC(Nc3ncc4cc(OC(F)F)c(=O)n([C@@H]5CCC[C@@]5(C)O)c4n3)(C1)C2. The maximum absolute atomic E-state index is 13.1. The minimum atomic E-state index is -3.16. The number of anilines is 1. The Morgan fingerprint density at radius 3 is 2.69 bits per heavy atom. The second-order valence-corrected chi connectivity index (χ2v) is 9.51. The molecule has 32 heavy (non-hydrogen) atoms. The fraction of sp³-hybridized carbons (Fsp3) is 0.619. The van der Waals surface area contributed by atoms with Gasteiger partial charge in [0.2, 0.25) is 5.95 Å². The minimum Gasteiger partial charge on any atom is -0.469 e. The topological polar surface area (TPSA) is 116 Å². The van der Waals surface area contributed by atoms with Crippen LogP contribution >= 0.6 is 0 Å². The van der Waals surface area contributed by atoms with Crippen LogP contribution in [-0.4, -0.2) is 50.5 Å². The predicted molar refractivity (Wildman–Crippen MR) is 109 cm³/mol. The minimum absolute atomic E-state index is 0.218. The summed E-state index contributed by atoms with van der Waals surface area (Å²) in [5.74, 6) is -0.465. The lowest BCUT2D eigenvalue weighted by atomic mass is 9.39. The number of carbonyl (C=O) groups is 1. The highest BCUT2D eigenvalue weighted by atomic mass is 19.3. The van der Waals surface area contributed by atoms with E-state index in [1.807, 2.05) is 0 Å². The smallest absolute Gasteiger partial charge is 0.387 e. The van der Waals surface area contributed by atoms with Gasteiger partial charge in [-0.25, -0.2) is 4.98 Å². The number of alkyl halides is 2. The highest BCUT2D eigenvalue weighted by molar-refractivity contribution is 5.83. The Balaban J connectivity index is 1.53. The zero-order valence-electron chi connectivity index (χ0n) is 17.7. The summed E-state index contributed by atoms with van der Waals surface area (Å²) in [4.78, 5) is 33.8. The average Bonchev–Trinajstić information content (AvgIpc) is 3.02. The third-order valence-electron chi connectivity index (χ3n) is 7.17. The number of fused-ring (bicyclic) bond motifs is 1. The number of rotatable bonds is 6. The normalized spacial score (nSPS) is 33.0. The van der Waals surface area contributed by atoms with Crippen LogP contribution in [0.3, 0.4) is 0 Å². The van der Waals surface area contributed by atoms with Crippen molar-refractivity contribution in [1.29, 1.82) is 0 Å². The van der Waals surface area contributed by atoms with Gasteiger partial charge >= 0.3 is 12.6 Å². The monoisotopic (exact) mass is 450 g/mol. The first-order valence-corrected chi connectivity index (χ1v) is 10.5. The van der Waals surface area contributed by atoms with Crippen molar-refractivity contribution < 1.29 is 28.2 Å². The van der Waals surface area contributed by atoms with Gasteiger partial charge in [-0.05, 0) is 51.5 Å². The van der Waals surface area contributed by atoms with Crippen molar-refractivity contribution >= 4 is 23.0 Å². The van der Waals surface area contributed by atoms with Crippen LogP contribution in [0.25, 0.3) is 11.0 Å². The largest absolute Gasteiger partial charge is 0.469 e. The quantitative estimate of drug-likeness (QED) is 0.645. The van der Waals surface area contributed by atoms with E-state index in [9.17, 15) is 23.5 Å². The molecule has 2 bridgehead atoms. The molecule has 4 saturated carbocycles. The predicted octanol–water partition coefficient (Wildman–Crippen LogP) is 2.38. The van der Waals surface area contributed by atoms with Crippen molar-refractivity contribution in [2.75, 3.05) is 12.4 Å². The fourth-order valence-corrected chi connectivity index (χ4v) is 5.75. The molecular formula is C21H24F2N4O5. The van der Waals surface area contributed by atoms with Gasteiger partial charge in [-0.15, -0.1) is 0 Å². The number of nitrogens with one attached hydrogen (secondary N) is 1. The van der Waals surface area contributed by atoms with Crippen molar-refractivity contribution in [3.63, 3.8) is 0 Å². The number of ether oxygens (including phenoxy) is 2. The summed E-state index contributed by atoms with van der Waals surface area (Å²) in [7, 11) is 1.37. The van der Waals surface area contributed by atoms with E-state index >= 15 is 0 Å². The summed E-state index contributed by atoms with van der Waals surface area (Å²) >= 11 is 0. The summed E-state index contributed by atoms with van der Waals surface area (Å²) in [6, 6.07) is 0.556. The number of halogens is 2. The van der Waals surface area contributed by atoms with Gasteiger partial charge in [0, 0.05) is 17.1 Å². The molecule has 0 aromatic carbocycles. The molecule has 6 rings (SSSR count). The number of esters is 1. The number of pyridine rings is 1. The van der Waals surface area contributed by atoms with E-state index in [-0.39, 0.29) is 23.1 Å². The zero-order valence-corrected chi connectivity index (χ0v) is 17.7. The van der Waals surface area contributed by atoms with E-state index in [2.05, 4.69) is 20.0 Å². The zero-order chi connectivity index (χ0) is 22.9. The molecular weight excluding hydrogens is 426 g/mol. The van der Waals surface area contributed by atoms with Crippen molar-refractivity contribution in [1.82, 2.24) is 14.5 Å². The second-order valence-electron chi connectivity index (χ2n) is 9.51. The van der Waals surface area contributed by atoms with Crippen molar-refractivity contribution in [3.05, 3.63) is 22.6 Å². The van der Waals surface area contributed by atoms with Crippen LogP contribution in [0.4, 0.5) is 14.7 Å². The van der Waals surface area contributed by atoms with Gasteiger partial charge in [-0.3, -0.25) is 14.2 Å². The highest BCUT2D eigenvalue weighted by Crippen LogP contribution is 2.68. The lowest BCUT2D eigenvalue weighted by Crippen LogP contribution is -2.74. The summed E-state index contributed by atoms with van der Waals surface area (Å²) in [5.41, 5.74) is -2.48. The molecule has 0 radical (unpaired) electrons. The Labute approximate surface area is 181 Å². The summed E-state index contributed by atoms with van der Waals surface area (Å²) < 4.78 is 36.3. The van der Waals surface area contributed by atoms with Crippen LogP contribution in [0.1, 0.15) is 51.5 Å². The molecule has 2 heterocycles. The number of hydrogen-bond donors (Lipinski definition) is 2. The molecule has 2 aromatic heterocycles. The van der Waals surface area contributed by atoms with E-state index in [4.69, 9.17) is 4.74 Å². The second kappa shape index (κ2) is 6.84. The summed E-state index contributed by atoms with van der Waals surface area (Å²) in [6.45, 7) is -1.54. The number of aliphatic hydroxyl groups is 1. The molecule has 2 N–H and O–H groups in total.